The number of ether oxygens (including phenoxy) is 2. The number of aliphatic hydroxyl groups is 2. The first-order valence-electron chi connectivity index (χ1n) is 18.5. The number of hydrogen-bond acceptors (Lipinski definition) is 7. The summed E-state index contributed by atoms with van der Waals surface area (Å²) < 4.78 is 53.6. The number of halogens is 3. The molecule has 4 aromatic rings. The van der Waals surface area contributed by atoms with E-state index in [2.05, 4.69) is 16.1 Å². The molecule has 3 aliphatic carbocycles. The fourth-order valence-electron chi connectivity index (χ4n) is 8.15. The molecule has 3 aromatic carbocycles. The van der Waals surface area contributed by atoms with E-state index in [4.69, 9.17) is 9.15 Å². The van der Waals surface area contributed by atoms with Crippen LogP contribution in [-0.4, -0.2) is 58.6 Å². The zero-order valence-electron chi connectivity index (χ0n) is 31.2. The van der Waals surface area contributed by atoms with E-state index >= 15 is 0 Å². The number of allylic oxidation sites excluding steroid dienone is 2. The van der Waals surface area contributed by atoms with Crippen LogP contribution in [0.3, 0.4) is 0 Å². The summed E-state index contributed by atoms with van der Waals surface area (Å²) in [6, 6.07) is 20.5. The molecule has 12 heteroatoms. The van der Waals surface area contributed by atoms with Gasteiger partial charge in [0, 0.05) is 23.2 Å². The summed E-state index contributed by atoms with van der Waals surface area (Å²) in [4.78, 5) is 29.7. The minimum Gasteiger partial charge on any atom is -0.497 e. The summed E-state index contributed by atoms with van der Waals surface area (Å²) >= 11 is 0. The quantitative estimate of drug-likeness (QED) is 0.115. The maximum Gasteiger partial charge on any atom is 0.573 e. The zero-order chi connectivity index (χ0) is 39.4. The van der Waals surface area contributed by atoms with Crippen molar-refractivity contribution in [2.75, 3.05) is 19.0 Å². The van der Waals surface area contributed by atoms with Crippen LogP contribution in [0, 0.1) is 5.41 Å². The number of anilines is 1. The molecule has 0 saturated heterocycles. The average molecular weight is 761 g/mol. The molecule has 9 nitrogen and oxygen atoms in total. The number of urea groups is 1. The van der Waals surface area contributed by atoms with Crippen molar-refractivity contribution in [1.82, 2.24) is 4.90 Å². The van der Waals surface area contributed by atoms with Crippen molar-refractivity contribution in [2.45, 2.75) is 89.3 Å². The van der Waals surface area contributed by atoms with Gasteiger partial charge in [0.25, 0.3) is 0 Å². The van der Waals surface area contributed by atoms with Crippen LogP contribution in [0.4, 0.5) is 23.7 Å². The predicted molar refractivity (Wildman–Crippen MR) is 201 cm³/mol. The number of benzene rings is 3. The van der Waals surface area contributed by atoms with Gasteiger partial charge in [0.2, 0.25) is 5.78 Å². The number of rotatable bonds is 9. The smallest absolute Gasteiger partial charge is 0.497 e. The van der Waals surface area contributed by atoms with Crippen molar-refractivity contribution in [3.8, 4) is 11.5 Å². The largest absolute Gasteiger partial charge is 0.573 e. The number of fused-ring (bicyclic) bond motifs is 8. The number of hydrogen-bond donors (Lipinski definition) is 3. The number of furan rings is 1. The standard InChI is InChI=1S/C43H47F3N2O7/c1-28-6-4-21-41(2)37(35-19-11-30(24-32(49)14-8-28)25-36(35)39(50)38-7-5-23-54-38)20-22-42(41,52)27-48(40(51)47-31-12-17-33(53-3)18-13-31)26-29-9-15-34(16-10-29)55-43(44,45)46/h5-7,9-13,15-19,23,25,32,37,49,52H,4,8,14,20-22,24,26-27H2,1-3H3,(H,47,51)/t32-,37-,41-,42+/m0/s1. The molecule has 1 saturated carbocycles. The molecule has 2 bridgehead atoms. The van der Waals surface area contributed by atoms with Crippen LogP contribution in [0.1, 0.15) is 91.1 Å². The SMILES string of the molecule is COc1ccc(NC(=O)N(Cc2ccc(OC(F)(F)F)cc2)C[C@]2(O)CC[C@H]3c4ccc(cc4C(=O)c4ccco4)C[C@@H](O)CCC(C)=CCC[C@@]32C)cc1. The van der Waals surface area contributed by atoms with Crippen molar-refractivity contribution >= 4 is 17.5 Å². The monoisotopic (exact) mass is 760 g/mol. The topological polar surface area (TPSA) is 121 Å². The molecule has 1 fully saturated rings. The number of nitrogens with one attached hydrogen (secondary N) is 1. The Morgan fingerprint density at radius 3 is 2.40 bits per heavy atom. The van der Waals surface area contributed by atoms with Crippen LogP contribution in [0.25, 0.3) is 0 Å². The van der Waals surface area contributed by atoms with Gasteiger partial charge in [-0.25, -0.2) is 4.79 Å². The molecule has 4 atom stereocenters. The second kappa shape index (κ2) is 16.3. The van der Waals surface area contributed by atoms with Crippen molar-refractivity contribution in [3.63, 3.8) is 0 Å². The minimum atomic E-state index is -4.85. The summed E-state index contributed by atoms with van der Waals surface area (Å²) in [6.45, 7) is 3.90. The number of amides is 2. The number of nitrogens with zero attached hydrogens (tertiary/aromatic N) is 1. The van der Waals surface area contributed by atoms with Crippen LogP contribution in [0.15, 0.2) is 101 Å². The number of carbonyl (C=O) groups excluding carboxylic acids is 2. The Morgan fingerprint density at radius 2 is 1.73 bits per heavy atom. The lowest BCUT2D eigenvalue weighted by Gasteiger charge is -2.46. The van der Waals surface area contributed by atoms with Crippen LogP contribution in [0.5, 0.6) is 11.5 Å². The molecule has 7 rings (SSSR count). The molecule has 3 aliphatic rings. The zero-order valence-corrected chi connectivity index (χ0v) is 31.2. The highest BCUT2D eigenvalue weighted by Crippen LogP contribution is 2.59. The molecule has 0 aliphatic heterocycles. The van der Waals surface area contributed by atoms with Crippen LogP contribution < -0.4 is 14.8 Å². The molecule has 0 spiro atoms. The number of alkyl halides is 3. The molecule has 0 radical (unpaired) electrons. The first-order chi connectivity index (χ1) is 26.2. The lowest BCUT2D eigenvalue weighted by molar-refractivity contribution is -0.274. The van der Waals surface area contributed by atoms with Crippen LogP contribution >= 0.6 is 0 Å². The average Bonchev–Trinajstić information content (AvgIpc) is 3.77. The Hall–Kier alpha value is -5.07. The third-order valence-electron chi connectivity index (χ3n) is 11.3. The molecule has 55 heavy (non-hydrogen) atoms. The molecule has 3 N–H and O–H groups in total. The van der Waals surface area contributed by atoms with E-state index in [1.165, 1.54) is 42.5 Å². The van der Waals surface area contributed by atoms with E-state index in [1.807, 2.05) is 32.0 Å². The van der Waals surface area contributed by atoms with Crippen molar-refractivity contribution < 1.29 is 46.9 Å². The van der Waals surface area contributed by atoms with Gasteiger partial charge in [-0.15, -0.1) is 13.2 Å². The second-order valence-electron chi connectivity index (χ2n) is 15.0. The fraction of sp³-hybridized carbons (Fsp3) is 0.395. The molecule has 1 heterocycles. The Morgan fingerprint density at radius 1 is 1.00 bits per heavy atom. The first kappa shape index (κ1) is 39.6. The minimum absolute atomic E-state index is 0.0321. The summed E-state index contributed by atoms with van der Waals surface area (Å²) in [7, 11) is 1.54. The van der Waals surface area contributed by atoms with Crippen molar-refractivity contribution in [3.05, 3.63) is 125 Å². The van der Waals surface area contributed by atoms with E-state index < -0.39 is 35.3 Å². The first-order valence-corrected chi connectivity index (χ1v) is 18.5. The van der Waals surface area contributed by atoms with E-state index in [0.29, 0.717) is 67.5 Å². The van der Waals surface area contributed by atoms with Gasteiger partial charge in [0.15, 0.2) is 5.76 Å². The Kier molecular flexibility index (Phi) is 11.8. The number of carbonyl (C=O) groups is 2. The second-order valence-corrected chi connectivity index (χ2v) is 15.0. The predicted octanol–water partition coefficient (Wildman–Crippen LogP) is 9.19. The van der Waals surface area contributed by atoms with Gasteiger partial charge in [-0.05, 0) is 129 Å². The van der Waals surface area contributed by atoms with Crippen LogP contribution in [-0.2, 0) is 13.0 Å². The Labute approximate surface area is 318 Å². The Balaban J connectivity index is 1.39. The lowest BCUT2D eigenvalue weighted by atomic mass is 9.64. The highest BCUT2D eigenvalue weighted by atomic mass is 19.4. The van der Waals surface area contributed by atoms with Gasteiger partial charge >= 0.3 is 12.4 Å². The van der Waals surface area contributed by atoms with Crippen molar-refractivity contribution in [2.24, 2.45) is 5.41 Å². The number of aliphatic hydroxyl groups excluding tert-OH is 1. The molecule has 2 amide bonds. The highest BCUT2D eigenvalue weighted by Gasteiger charge is 2.57. The van der Waals surface area contributed by atoms with E-state index in [-0.39, 0.29) is 30.6 Å². The van der Waals surface area contributed by atoms with E-state index in [1.54, 1.807) is 36.4 Å². The third-order valence-corrected chi connectivity index (χ3v) is 11.3. The third kappa shape index (κ3) is 9.25. The number of methoxy groups -OCH3 is 1. The summed E-state index contributed by atoms with van der Waals surface area (Å²) in [5.41, 5.74) is 1.81. The van der Waals surface area contributed by atoms with Crippen LogP contribution in [0.2, 0.25) is 0 Å². The Bertz CT molecular complexity index is 1980. The maximum atomic E-state index is 14.2. The van der Waals surface area contributed by atoms with E-state index in [0.717, 1.165) is 16.7 Å². The van der Waals surface area contributed by atoms with E-state index in [9.17, 15) is 33.0 Å². The molecule has 292 valence electrons. The van der Waals surface area contributed by atoms with Gasteiger partial charge in [0.1, 0.15) is 11.5 Å². The summed E-state index contributed by atoms with van der Waals surface area (Å²) in [6.07, 6.45) is 1.68. The van der Waals surface area contributed by atoms with Gasteiger partial charge in [-0.2, -0.15) is 0 Å². The highest BCUT2D eigenvalue weighted by molar-refractivity contribution is 6.08. The molecule has 0 unspecified atom stereocenters. The molecular weight excluding hydrogens is 713 g/mol. The van der Waals surface area contributed by atoms with Gasteiger partial charge in [-0.1, -0.05) is 42.8 Å². The summed E-state index contributed by atoms with van der Waals surface area (Å²) in [5, 5.41) is 26.8. The normalized spacial score (nSPS) is 22.9. The number of ketones is 1. The maximum absolute atomic E-state index is 14.2. The van der Waals surface area contributed by atoms with Gasteiger partial charge in [-0.3, -0.25) is 4.79 Å². The molecular formula is C43H47F3N2O7. The molecule has 1 aromatic heterocycles. The fourth-order valence-corrected chi connectivity index (χ4v) is 8.15. The lowest BCUT2D eigenvalue weighted by Crippen LogP contribution is -2.54. The summed E-state index contributed by atoms with van der Waals surface area (Å²) in [5.74, 6) is -0.217. The van der Waals surface area contributed by atoms with Gasteiger partial charge < -0.3 is 34.3 Å². The van der Waals surface area contributed by atoms with Crippen molar-refractivity contribution in [1.29, 1.82) is 0 Å². The van der Waals surface area contributed by atoms with Gasteiger partial charge in [0.05, 0.1) is 31.6 Å².